The smallest absolute Gasteiger partial charge is 0.306 e. The van der Waals surface area contributed by atoms with E-state index in [4.69, 9.17) is 14.2 Å². The number of rotatable bonds is 54. The summed E-state index contributed by atoms with van der Waals surface area (Å²) >= 11 is 0. The van der Waals surface area contributed by atoms with Gasteiger partial charge in [-0.15, -0.1) is 0 Å². The maximum absolute atomic E-state index is 12.8. The monoisotopic (exact) mass is 960 g/mol. The molecule has 2 unspecified atom stereocenters. The van der Waals surface area contributed by atoms with Crippen molar-refractivity contribution in [2.75, 3.05) is 41.0 Å². The predicted octanol–water partition coefficient (Wildman–Crippen LogP) is 16.2. The third-order valence-corrected chi connectivity index (χ3v) is 13.6. The molecule has 0 saturated carbocycles. The number of likely N-dealkylation sites (N-methyl/N-ethyl adjacent to an activating group) is 1. The molecule has 0 aliphatic heterocycles. The summed E-state index contributed by atoms with van der Waals surface area (Å²) < 4.78 is 17.3. The van der Waals surface area contributed by atoms with E-state index in [2.05, 4.69) is 38.2 Å². The zero-order valence-corrected chi connectivity index (χ0v) is 45.8. The summed E-state index contributed by atoms with van der Waals surface area (Å²) in [6.45, 7) is 4.71. The molecule has 0 saturated heterocycles. The molecule has 0 heterocycles. The fourth-order valence-electron chi connectivity index (χ4n) is 9.05. The van der Waals surface area contributed by atoms with Gasteiger partial charge in [0.1, 0.15) is 12.6 Å². The molecule has 0 radical (unpaired) electrons. The average Bonchev–Trinajstić information content (AvgIpc) is 3.30. The van der Waals surface area contributed by atoms with Crippen molar-refractivity contribution in [1.29, 1.82) is 0 Å². The lowest BCUT2D eigenvalue weighted by Crippen LogP contribution is -2.55. The minimum absolute atomic E-state index is 0.0432. The van der Waals surface area contributed by atoms with Crippen molar-refractivity contribution in [3.8, 4) is 0 Å². The van der Waals surface area contributed by atoms with E-state index in [1.807, 2.05) is 21.1 Å². The van der Waals surface area contributed by atoms with Crippen LogP contribution in [0.3, 0.4) is 0 Å². The minimum Gasteiger partial charge on any atom is -0.544 e. The van der Waals surface area contributed by atoms with Gasteiger partial charge >= 0.3 is 11.9 Å². The van der Waals surface area contributed by atoms with Crippen LogP contribution < -0.4 is 5.11 Å². The molecule has 0 N–H and O–H groups in total. The fourth-order valence-corrected chi connectivity index (χ4v) is 9.05. The highest BCUT2D eigenvalue weighted by Crippen LogP contribution is 2.17. The van der Waals surface area contributed by atoms with Gasteiger partial charge in [0.2, 0.25) is 0 Å². The zero-order valence-electron chi connectivity index (χ0n) is 45.8. The first-order valence-electron chi connectivity index (χ1n) is 29.4. The molecular weight excluding hydrogens is 847 g/mol. The van der Waals surface area contributed by atoms with Crippen LogP contribution in [0, 0.1) is 0 Å². The maximum Gasteiger partial charge on any atom is 0.306 e. The summed E-state index contributed by atoms with van der Waals surface area (Å²) in [5.74, 6) is -1.72. The van der Waals surface area contributed by atoms with Crippen LogP contribution in [0.5, 0.6) is 0 Å². The van der Waals surface area contributed by atoms with Crippen LogP contribution in [0.4, 0.5) is 0 Å². The van der Waals surface area contributed by atoms with Crippen LogP contribution in [0.1, 0.15) is 290 Å². The van der Waals surface area contributed by atoms with Gasteiger partial charge < -0.3 is 28.6 Å². The van der Waals surface area contributed by atoms with Crippen molar-refractivity contribution >= 4 is 17.9 Å². The van der Waals surface area contributed by atoms with Crippen LogP contribution >= 0.6 is 0 Å². The van der Waals surface area contributed by atoms with E-state index in [1.165, 1.54) is 205 Å². The molecule has 0 aromatic carbocycles. The molecule has 0 aromatic heterocycles. The molecule has 0 amide bonds. The van der Waals surface area contributed by atoms with Gasteiger partial charge in [-0.1, -0.05) is 250 Å². The number of unbranched alkanes of at least 4 members (excludes halogenated alkanes) is 36. The average molecular weight is 961 g/mol. The summed E-state index contributed by atoms with van der Waals surface area (Å²) in [4.78, 5) is 37.2. The minimum atomic E-state index is -1.12. The van der Waals surface area contributed by atoms with Crippen LogP contribution in [-0.2, 0) is 28.6 Å². The van der Waals surface area contributed by atoms with Crippen molar-refractivity contribution in [2.45, 2.75) is 302 Å². The number of nitrogens with zero attached hydrogens (tertiary/aromatic N) is 1. The Balaban J connectivity index is 4.15. The highest BCUT2D eigenvalue weighted by atomic mass is 16.6. The number of hydrogen-bond acceptors (Lipinski definition) is 7. The highest BCUT2D eigenvalue weighted by molar-refractivity contribution is 5.70. The van der Waals surface area contributed by atoms with Gasteiger partial charge in [0.15, 0.2) is 6.10 Å². The summed E-state index contributed by atoms with van der Waals surface area (Å²) in [5.41, 5.74) is 0. The molecule has 8 nitrogen and oxygen atoms in total. The van der Waals surface area contributed by atoms with Gasteiger partial charge in [0.05, 0.1) is 40.3 Å². The van der Waals surface area contributed by atoms with E-state index >= 15 is 0 Å². The number of hydrogen-bond donors (Lipinski definition) is 0. The van der Waals surface area contributed by atoms with E-state index in [0.717, 1.165) is 51.4 Å². The number of aliphatic carboxylic acids is 1. The predicted molar refractivity (Wildman–Crippen MR) is 287 cm³/mol. The van der Waals surface area contributed by atoms with E-state index in [1.54, 1.807) is 0 Å². The lowest BCUT2D eigenvalue weighted by molar-refractivity contribution is -0.889. The largest absolute Gasteiger partial charge is 0.544 e. The first-order valence-corrected chi connectivity index (χ1v) is 29.4. The SMILES string of the molecule is CCCCCCCCCCC/C=C/C/C=C/CCCCCCCCCC(=O)OCC(COCCC(C(=O)[O-])[N+](C)(C)C)OC(=O)CCCCCCCCCCCCCCCCCCCCCCC. The molecule has 0 fully saturated rings. The summed E-state index contributed by atoms with van der Waals surface area (Å²) in [5, 5.41) is 11.7. The van der Waals surface area contributed by atoms with Gasteiger partial charge in [-0.3, -0.25) is 9.59 Å². The fraction of sp³-hybridized carbons (Fsp3) is 0.883. The Morgan fingerprint density at radius 2 is 0.779 bits per heavy atom. The molecule has 0 aliphatic rings. The van der Waals surface area contributed by atoms with Crippen LogP contribution in [0.2, 0.25) is 0 Å². The third-order valence-electron chi connectivity index (χ3n) is 13.6. The van der Waals surface area contributed by atoms with Gasteiger partial charge in [0.25, 0.3) is 0 Å². The first kappa shape index (κ1) is 65.8. The second-order valence-electron chi connectivity index (χ2n) is 21.2. The number of carbonyl (C=O) groups is 3. The van der Waals surface area contributed by atoms with Crippen molar-refractivity contribution < 1.29 is 38.2 Å². The second kappa shape index (κ2) is 51.2. The third kappa shape index (κ3) is 48.8. The van der Waals surface area contributed by atoms with E-state index < -0.39 is 18.1 Å². The van der Waals surface area contributed by atoms with Gasteiger partial charge in [-0.2, -0.15) is 0 Å². The first-order chi connectivity index (χ1) is 33.1. The lowest BCUT2D eigenvalue weighted by Gasteiger charge is -2.34. The summed E-state index contributed by atoms with van der Waals surface area (Å²) in [6, 6.07) is -0.725. The lowest BCUT2D eigenvalue weighted by atomic mass is 10.0. The Hall–Kier alpha value is -2.19. The van der Waals surface area contributed by atoms with E-state index in [0.29, 0.717) is 12.8 Å². The molecule has 8 heteroatoms. The number of quaternary nitrogens is 1. The van der Waals surface area contributed by atoms with Crippen LogP contribution in [-0.4, -0.2) is 75.5 Å². The Morgan fingerprint density at radius 1 is 0.441 bits per heavy atom. The van der Waals surface area contributed by atoms with E-state index in [9.17, 15) is 19.5 Å². The second-order valence-corrected chi connectivity index (χ2v) is 21.2. The molecule has 2 atom stereocenters. The molecule has 0 spiro atoms. The topological polar surface area (TPSA) is 102 Å². The standard InChI is InChI=1S/C60H113NO7/c1-6-8-10-12-14-16-18-20-22-24-26-28-29-31-32-34-36-38-40-42-44-46-48-50-58(62)67-55-56(54-66-53-52-57(60(64)65)61(3,4)5)68-59(63)51-49-47-45-43-41-39-37-35-33-30-27-25-23-21-19-17-15-13-11-9-7-2/h26,28,31-32,56-57H,6-25,27,29-30,33-55H2,1-5H3/b28-26+,32-31+. The molecule has 0 bridgehead atoms. The van der Waals surface area contributed by atoms with Crippen molar-refractivity contribution in [3.05, 3.63) is 24.3 Å². The van der Waals surface area contributed by atoms with Gasteiger partial charge in [-0.05, 0) is 44.9 Å². The number of ether oxygens (including phenoxy) is 3. The number of carbonyl (C=O) groups excluding carboxylic acids is 3. The highest BCUT2D eigenvalue weighted by Gasteiger charge is 2.25. The number of carboxylic acids is 1. The van der Waals surface area contributed by atoms with Crippen molar-refractivity contribution in [1.82, 2.24) is 0 Å². The number of allylic oxidation sites excluding steroid dienone is 4. The Kier molecular flexibility index (Phi) is 49.5. The molecule has 0 aliphatic carbocycles. The Morgan fingerprint density at radius 3 is 1.13 bits per heavy atom. The van der Waals surface area contributed by atoms with Gasteiger partial charge in [-0.25, -0.2) is 0 Å². The maximum atomic E-state index is 12.8. The molecule has 68 heavy (non-hydrogen) atoms. The van der Waals surface area contributed by atoms with Crippen LogP contribution in [0.25, 0.3) is 0 Å². The quantitative estimate of drug-likeness (QED) is 0.0259. The molecule has 0 rings (SSSR count). The normalized spacial score (nSPS) is 12.9. The van der Waals surface area contributed by atoms with Crippen LogP contribution in [0.15, 0.2) is 24.3 Å². The van der Waals surface area contributed by atoms with E-state index in [-0.39, 0.29) is 42.7 Å². The molecule has 400 valence electrons. The number of esters is 2. The summed E-state index contributed by atoms with van der Waals surface area (Å²) in [7, 11) is 5.43. The Bertz CT molecular complexity index is 1160. The summed E-state index contributed by atoms with van der Waals surface area (Å²) in [6.07, 6.45) is 60.8. The molecular formula is C60H113NO7. The number of carboxylic acid groups (broad SMARTS) is 1. The van der Waals surface area contributed by atoms with Crippen molar-refractivity contribution in [2.24, 2.45) is 0 Å². The van der Waals surface area contributed by atoms with Crippen molar-refractivity contribution in [3.63, 3.8) is 0 Å². The Labute approximate surface area is 421 Å². The zero-order chi connectivity index (χ0) is 49.9. The van der Waals surface area contributed by atoms with Gasteiger partial charge in [0, 0.05) is 19.3 Å². The molecule has 0 aromatic rings.